The van der Waals surface area contributed by atoms with Crippen molar-refractivity contribution in [3.8, 4) is 17.2 Å². The molecule has 4 aromatic rings. The fourth-order valence-electron chi connectivity index (χ4n) is 5.01. The lowest BCUT2D eigenvalue weighted by Gasteiger charge is -2.29. The maximum atomic E-state index is 6.61. The summed E-state index contributed by atoms with van der Waals surface area (Å²) in [7, 11) is 3.29. The van der Waals surface area contributed by atoms with Gasteiger partial charge >= 0.3 is 0 Å². The van der Waals surface area contributed by atoms with Crippen LogP contribution < -0.4 is 19.7 Å². The number of hydrogen-bond acceptors (Lipinski definition) is 4. The van der Waals surface area contributed by atoms with Crippen LogP contribution in [0.1, 0.15) is 34.7 Å². The van der Waals surface area contributed by atoms with Crippen molar-refractivity contribution < 1.29 is 9.47 Å². The monoisotopic (exact) mass is 518 g/mol. The third-order valence-corrected chi connectivity index (χ3v) is 7.26. The van der Waals surface area contributed by atoms with Crippen molar-refractivity contribution in [2.24, 2.45) is 0 Å². The molecule has 36 heavy (non-hydrogen) atoms. The molecule has 1 saturated heterocycles. The molecule has 1 aliphatic heterocycles. The Bertz CT molecular complexity index is 1420. The number of aromatic nitrogens is 2. The number of benzene rings is 2. The molecule has 2 aromatic heterocycles. The van der Waals surface area contributed by atoms with Gasteiger partial charge in [0.15, 0.2) is 5.11 Å². The van der Waals surface area contributed by atoms with Gasteiger partial charge in [-0.15, -0.1) is 0 Å². The number of para-hydroxylation sites is 1. The van der Waals surface area contributed by atoms with Gasteiger partial charge in [0.1, 0.15) is 11.5 Å². The molecule has 2 atom stereocenters. The van der Waals surface area contributed by atoms with E-state index in [0.717, 1.165) is 34.0 Å². The SMILES string of the molecule is COc1ccc(N2C(=S)N[C@H](c3ccccn3)[C@@H]2c2cc(C)n(-c3ccccc3Cl)c2C)c(OC)c1. The Labute approximate surface area is 221 Å². The Kier molecular flexibility index (Phi) is 6.60. The summed E-state index contributed by atoms with van der Waals surface area (Å²) in [5.41, 5.74) is 5.97. The van der Waals surface area contributed by atoms with E-state index in [1.165, 1.54) is 0 Å². The second kappa shape index (κ2) is 9.84. The van der Waals surface area contributed by atoms with Gasteiger partial charge in [0.05, 0.1) is 48.4 Å². The van der Waals surface area contributed by atoms with Crippen LogP contribution in [0.5, 0.6) is 11.5 Å². The molecular formula is C28H27ClN4O2S. The summed E-state index contributed by atoms with van der Waals surface area (Å²) < 4.78 is 13.4. The Morgan fingerprint density at radius 2 is 1.72 bits per heavy atom. The van der Waals surface area contributed by atoms with Crippen LogP contribution in [0.3, 0.4) is 0 Å². The molecule has 0 saturated carbocycles. The van der Waals surface area contributed by atoms with E-state index in [2.05, 4.69) is 39.7 Å². The average Bonchev–Trinajstić information content (AvgIpc) is 3.39. The second-order valence-corrected chi connectivity index (χ2v) is 9.44. The van der Waals surface area contributed by atoms with Gasteiger partial charge in [0, 0.05) is 23.7 Å². The van der Waals surface area contributed by atoms with E-state index in [0.29, 0.717) is 21.6 Å². The Morgan fingerprint density at radius 3 is 2.42 bits per heavy atom. The molecule has 5 rings (SSSR count). The number of rotatable bonds is 6. The number of nitrogens with one attached hydrogen (secondary N) is 1. The summed E-state index contributed by atoms with van der Waals surface area (Å²) in [5.74, 6) is 1.38. The highest BCUT2D eigenvalue weighted by molar-refractivity contribution is 7.80. The van der Waals surface area contributed by atoms with Crippen LogP contribution in [0, 0.1) is 13.8 Å². The maximum absolute atomic E-state index is 6.61. The zero-order chi connectivity index (χ0) is 25.4. The summed E-state index contributed by atoms with van der Waals surface area (Å²) in [4.78, 5) is 6.79. The topological polar surface area (TPSA) is 51.5 Å². The zero-order valence-electron chi connectivity index (χ0n) is 20.5. The van der Waals surface area contributed by atoms with E-state index in [1.807, 2.05) is 60.7 Å². The zero-order valence-corrected chi connectivity index (χ0v) is 22.1. The highest BCUT2D eigenvalue weighted by Crippen LogP contribution is 2.47. The first-order valence-electron chi connectivity index (χ1n) is 11.6. The quantitative estimate of drug-likeness (QED) is 0.301. The summed E-state index contributed by atoms with van der Waals surface area (Å²) >= 11 is 12.5. The molecule has 0 radical (unpaired) electrons. The van der Waals surface area contributed by atoms with Crippen LogP contribution in [0.15, 0.2) is 72.9 Å². The minimum absolute atomic E-state index is 0.175. The molecule has 1 aliphatic rings. The normalized spacial score (nSPS) is 17.2. The number of ether oxygens (including phenoxy) is 2. The molecule has 2 aromatic carbocycles. The molecule has 3 heterocycles. The Balaban J connectivity index is 1.71. The Hall–Kier alpha value is -3.55. The summed E-state index contributed by atoms with van der Waals surface area (Å²) in [6, 6.07) is 21.4. The van der Waals surface area contributed by atoms with E-state index < -0.39 is 0 Å². The van der Waals surface area contributed by atoms with Crippen molar-refractivity contribution in [2.45, 2.75) is 25.9 Å². The highest BCUT2D eigenvalue weighted by atomic mass is 35.5. The number of aryl methyl sites for hydroxylation is 1. The lowest BCUT2D eigenvalue weighted by Crippen LogP contribution is -2.30. The van der Waals surface area contributed by atoms with E-state index in [-0.39, 0.29) is 12.1 Å². The molecule has 1 N–H and O–H groups in total. The van der Waals surface area contributed by atoms with Crippen LogP contribution in [-0.4, -0.2) is 28.9 Å². The van der Waals surface area contributed by atoms with Crippen LogP contribution in [0.4, 0.5) is 5.69 Å². The van der Waals surface area contributed by atoms with Crippen molar-refractivity contribution in [3.05, 3.63) is 101 Å². The molecule has 6 nitrogen and oxygen atoms in total. The third-order valence-electron chi connectivity index (χ3n) is 6.63. The van der Waals surface area contributed by atoms with Crippen LogP contribution in [0.2, 0.25) is 5.02 Å². The fourth-order valence-corrected chi connectivity index (χ4v) is 5.56. The summed E-state index contributed by atoms with van der Waals surface area (Å²) in [6.07, 6.45) is 1.81. The van der Waals surface area contributed by atoms with Crippen LogP contribution >= 0.6 is 23.8 Å². The number of halogens is 1. The van der Waals surface area contributed by atoms with Crippen LogP contribution in [-0.2, 0) is 0 Å². The second-order valence-electron chi connectivity index (χ2n) is 8.65. The van der Waals surface area contributed by atoms with Gasteiger partial charge < -0.3 is 24.3 Å². The van der Waals surface area contributed by atoms with Gasteiger partial charge in [-0.25, -0.2) is 0 Å². The predicted octanol–water partition coefficient (Wildman–Crippen LogP) is 6.34. The largest absolute Gasteiger partial charge is 0.497 e. The molecule has 0 unspecified atom stereocenters. The number of nitrogens with zero attached hydrogens (tertiary/aromatic N) is 3. The highest BCUT2D eigenvalue weighted by Gasteiger charge is 2.43. The van der Waals surface area contributed by atoms with Crippen molar-refractivity contribution in [2.75, 3.05) is 19.1 Å². The first-order valence-corrected chi connectivity index (χ1v) is 12.4. The minimum atomic E-state index is -0.183. The molecule has 184 valence electrons. The molecule has 0 amide bonds. The van der Waals surface area contributed by atoms with E-state index in [9.17, 15) is 0 Å². The molecular weight excluding hydrogens is 492 g/mol. The third kappa shape index (κ3) is 4.08. The smallest absolute Gasteiger partial charge is 0.174 e. The number of methoxy groups -OCH3 is 2. The van der Waals surface area contributed by atoms with E-state index in [1.54, 1.807) is 20.4 Å². The predicted molar refractivity (Wildman–Crippen MR) is 148 cm³/mol. The number of thiocarbonyl (C=S) groups is 1. The van der Waals surface area contributed by atoms with Gasteiger partial charge in [-0.1, -0.05) is 29.8 Å². The van der Waals surface area contributed by atoms with E-state index >= 15 is 0 Å². The van der Waals surface area contributed by atoms with Crippen molar-refractivity contribution in [1.82, 2.24) is 14.9 Å². The van der Waals surface area contributed by atoms with Gasteiger partial charge in [0.25, 0.3) is 0 Å². The summed E-state index contributed by atoms with van der Waals surface area (Å²) in [5, 5.41) is 4.82. The lowest BCUT2D eigenvalue weighted by atomic mass is 9.96. The van der Waals surface area contributed by atoms with Gasteiger partial charge in [-0.2, -0.15) is 0 Å². The number of anilines is 1. The Morgan fingerprint density at radius 1 is 0.944 bits per heavy atom. The lowest BCUT2D eigenvalue weighted by molar-refractivity contribution is 0.394. The number of pyridine rings is 1. The molecule has 0 aliphatic carbocycles. The first-order chi connectivity index (χ1) is 17.4. The number of hydrogen-bond donors (Lipinski definition) is 1. The maximum Gasteiger partial charge on any atom is 0.174 e. The molecule has 1 fully saturated rings. The minimum Gasteiger partial charge on any atom is -0.497 e. The molecule has 8 heteroatoms. The van der Waals surface area contributed by atoms with Crippen molar-refractivity contribution in [1.29, 1.82) is 0 Å². The molecule has 0 bridgehead atoms. The fraction of sp³-hybridized carbons (Fsp3) is 0.214. The van der Waals surface area contributed by atoms with Crippen molar-refractivity contribution in [3.63, 3.8) is 0 Å². The summed E-state index contributed by atoms with van der Waals surface area (Å²) in [6.45, 7) is 4.21. The standard InChI is InChI=1S/C28H27ClN4O2S/c1-17-15-20(18(2)32(17)23-11-6-5-9-21(23)29)27-26(22-10-7-8-14-30-22)31-28(36)33(27)24-13-12-19(34-3)16-25(24)35-4/h5-16,26-27H,1-4H3,(H,31,36)/t26-,27+/m1/s1. The van der Waals surface area contributed by atoms with Gasteiger partial charge in [-0.05, 0) is 74.1 Å². The van der Waals surface area contributed by atoms with E-state index in [4.69, 9.17) is 33.3 Å². The average molecular weight is 519 g/mol. The van der Waals surface area contributed by atoms with Crippen LogP contribution in [0.25, 0.3) is 5.69 Å². The first kappa shape index (κ1) is 24.2. The molecule has 0 spiro atoms. The van der Waals surface area contributed by atoms with Crippen molar-refractivity contribution >= 4 is 34.6 Å². The van der Waals surface area contributed by atoms with Gasteiger partial charge in [-0.3, -0.25) is 4.98 Å². The van der Waals surface area contributed by atoms with Gasteiger partial charge in [0.2, 0.25) is 0 Å².